The number of hydrogen-bond acceptors (Lipinski definition) is 2. The molecule has 1 N–H and O–H groups in total. The first-order valence-electron chi connectivity index (χ1n) is 7.26. The number of hydrogen-bond donors (Lipinski definition) is 1. The Morgan fingerprint density at radius 2 is 1.80 bits per heavy atom. The monoisotopic (exact) mass is 300 g/mol. The molecule has 1 heterocycles. The molecule has 2 nitrogen and oxygen atoms in total. The van der Waals surface area contributed by atoms with Gasteiger partial charge in [-0.25, -0.2) is 8.78 Å². The summed E-state index contributed by atoms with van der Waals surface area (Å²) in [4.78, 5) is 2.25. The van der Waals surface area contributed by atoms with Gasteiger partial charge in [0.05, 0.1) is 5.02 Å². The molecule has 1 aliphatic carbocycles. The highest BCUT2D eigenvalue weighted by molar-refractivity contribution is 6.31. The third-order valence-corrected chi connectivity index (χ3v) is 4.90. The molecule has 1 atom stereocenters. The lowest BCUT2D eigenvalue weighted by Crippen LogP contribution is -2.48. The Morgan fingerprint density at radius 1 is 1.15 bits per heavy atom. The van der Waals surface area contributed by atoms with Gasteiger partial charge in [-0.1, -0.05) is 18.0 Å². The molecule has 0 spiro atoms. The van der Waals surface area contributed by atoms with Crippen molar-refractivity contribution in [3.63, 3.8) is 0 Å². The van der Waals surface area contributed by atoms with Gasteiger partial charge in [0.2, 0.25) is 0 Å². The van der Waals surface area contributed by atoms with E-state index in [1.54, 1.807) is 0 Å². The summed E-state index contributed by atoms with van der Waals surface area (Å²) < 4.78 is 28.0. The summed E-state index contributed by atoms with van der Waals surface area (Å²) in [5.41, 5.74) is 0.360. The van der Waals surface area contributed by atoms with Gasteiger partial charge in [0, 0.05) is 37.8 Å². The minimum Gasteiger partial charge on any atom is -0.314 e. The maximum absolute atomic E-state index is 14.3. The predicted molar refractivity (Wildman–Crippen MR) is 75.9 cm³/mol. The topological polar surface area (TPSA) is 15.3 Å². The van der Waals surface area contributed by atoms with Gasteiger partial charge in [-0.2, -0.15) is 0 Å². The molecule has 5 heteroatoms. The van der Waals surface area contributed by atoms with Crippen LogP contribution in [0.5, 0.6) is 0 Å². The molecule has 1 saturated carbocycles. The van der Waals surface area contributed by atoms with E-state index >= 15 is 0 Å². The molecule has 0 amide bonds. The van der Waals surface area contributed by atoms with Crippen molar-refractivity contribution in [3.05, 3.63) is 34.4 Å². The van der Waals surface area contributed by atoms with Crippen molar-refractivity contribution in [1.82, 2.24) is 10.2 Å². The van der Waals surface area contributed by atoms with E-state index < -0.39 is 5.82 Å². The molecule has 0 bridgehead atoms. The van der Waals surface area contributed by atoms with Crippen LogP contribution in [0.25, 0.3) is 0 Å². The van der Waals surface area contributed by atoms with Crippen LogP contribution >= 0.6 is 11.6 Å². The molecule has 0 unspecified atom stereocenters. The number of nitrogens with one attached hydrogen (secondary N) is 1. The summed E-state index contributed by atoms with van der Waals surface area (Å²) in [5.74, 6) is -0.517. The normalized spacial score (nSPS) is 22.6. The molecule has 2 fully saturated rings. The van der Waals surface area contributed by atoms with E-state index in [4.69, 9.17) is 11.6 Å². The van der Waals surface area contributed by atoms with E-state index in [0.29, 0.717) is 11.5 Å². The average molecular weight is 301 g/mol. The molecule has 110 valence electrons. The van der Waals surface area contributed by atoms with Gasteiger partial charge in [-0.05, 0) is 30.9 Å². The highest BCUT2D eigenvalue weighted by Crippen LogP contribution is 2.44. The molecule has 1 saturated heterocycles. The Kier molecular flexibility index (Phi) is 4.24. The van der Waals surface area contributed by atoms with Gasteiger partial charge in [0.25, 0.3) is 0 Å². The zero-order chi connectivity index (χ0) is 14.1. The average Bonchev–Trinajstić information content (AvgIpc) is 2.41. The quantitative estimate of drug-likeness (QED) is 0.861. The van der Waals surface area contributed by atoms with Crippen LogP contribution in [0, 0.1) is 17.6 Å². The lowest BCUT2D eigenvalue weighted by Gasteiger charge is -2.43. The number of piperazine rings is 1. The van der Waals surface area contributed by atoms with Crippen LogP contribution in [-0.2, 0) is 0 Å². The molecule has 0 radical (unpaired) electrons. The number of rotatable bonds is 3. The number of benzene rings is 1. The number of halogens is 3. The molecule has 2 aliphatic rings. The summed E-state index contributed by atoms with van der Waals surface area (Å²) in [7, 11) is 0. The largest absolute Gasteiger partial charge is 0.314 e. The van der Waals surface area contributed by atoms with Gasteiger partial charge in [0.1, 0.15) is 11.6 Å². The second-order valence-electron chi connectivity index (χ2n) is 5.68. The van der Waals surface area contributed by atoms with Crippen LogP contribution in [0.1, 0.15) is 30.9 Å². The Morgan fingerprint density at radius 3 is 2.40 bits per heavy atom. The standard InChI is InChI=1S/C15H19ClF2N2/c16-14-12(18)5-4-11(17)13(14)15(10-2-1-3-10)20-8-6-19-7-9-20/h4-5,10,15,19H,1-3,6-9H2/t15-/m0/s1. The van der Waals surface area contributed by atoms with E-state index in [1.165, 1.54) is 12.5 Å². The van der Waals surface area contributed by atoms with E-state index in [-0.39, 0.29) is 16.9 Å². The third-order valence-electron chi connectivity index (χ3n) is 4.52. The van der Waals surface area contributed by atoms with Crippen molar-refractivity contribution < 1.29 is 8.78 Å². The summed E-state index contributed by atoms with van der Waals surface area (Å²) in [6, 6.07) is 2.22. The van der Waals surface area contributed by atoms with Gasteiger partial charge in [0.15, 0.2) is 0 Å². The molecular formula is C15H19ClF2N2. The van der Waals surface area contributed by atoms with Crippen LogP contribution in [0.15, 0.2) is 12.1 Å². The summed E-state index contributed by atoms with van der Waals surface area (Å²) in [6.07, 6.45) is 3.31. The molecule has 3 rings (SSSR count). The van der Waals surface area contributed by atoms with Crippen LogP contribution in [0.3, 0.4) is 0 Å². The first-order chi connectivity index (χ1) is 9.68. The van der Waals surface area contributed by atoms with Gasteiger partial charge >= 0.3 is 0 Å². The van der Waals surface area contributed by atoms with Crippen molar-refractivity contribution in [2.75, 3.05) is 26.2 Å². The second-order valence-corrected chi connectivity index (χ2v) is 6.06. The summed E-state index contributed by atoms with van der Waals surface area (Å²) in [5, 5.41) is 3.25. The molecular weight excluding hydrogens is 282 g/mol. The first kappa shape index (κ1) is 14.2. The van der Waals surface area contributed by atoms with Gasteiger partial charge < -0.3 is 5.32 Å². The Labute approximate surface area is 123 Å². The lowest BCUT2D eigenvalue weighted by molar-refractivity contribution is 0.0810. The highest BCUT2D eigenvalue weighted by atomic mass is 35.5. The molecule has 1 aromatic carbocycles. The Hall–Kier alpha value is -0.710. The van der Waals surface area contributed by atoms with Crippen molar-refractivity contribution in [3.8, 4) is 0 Å². The molecule has 1 aromatic rings. The zero-order valence-electron chi connectivity index (χ0n) is 11.3. The van der Waals surface area contributed by atoms with Gasteiger partial charge in [-0.3, -0.25) is 4.90 Å². The maximum atomic E-state index is 14.3. The van der Waals surface area contributed by atoms with Gasteiger partial charge in [-0.15, -0.1) is 0 Å². The first-order valence-corrected chi connectivity index (χ1v) is 7.64. The SMILES string of the molecule is Fc1ccc(F)c([C@H](C2CCC2)N2CCNCC2)c1Cl. The zero-order valence-corrected chi connectivity index (χ0v) is 12.1. The fourth-order valence-electron chi connectivity index (χ4n) is 3.25. The van der Waals surface area contributed by atoms with Crippen LogP contribution < -0.4 is 5.32 Å². The van der Waals surface area contributed by atoms with Crippen molar-refractivity contribution in [2.24, 2.45) is 5.92 Å². The second kappa shape index (κ2) is 5.96. The van der Waals surface area contributed by atoms with Crippen LogP contribution in [0.2, 0.25) is 5.02 Å². The summed E-state index contributed by atoms with van der Waals surface area (Å²) in [6.45, 7) is 3.48. The Bertz CT molecular complexity index is 485. The van der Waals surface area contributed by atoms with E-state index in [1.807, 2.05) is 0 Å². The summed E-state index contributed by atoms with van der Waals surface area (Å²) >= 11 is 6.08. The highest BCUT2D eigenvalue weighted by Gasteiger charge is 2.36. The van der Waals surface area contributed by atoms with E-state index in [0.717, 1.165) is 45.1 Å². The Balaban J connectivity index is 1.98. The molecule has 20 heavy (non-hydrogen) atoms. The van der Waals surface area contributed by atoms with Crippen molar-refractivity contribution >= 4 is 11.6 Å². The number of nitrogens with zero attached hydrogens (tertiary/aromatic N) is 1. The van der Waals surface area contributed by atoms with Crippen molar-refractivity contribution in [2.45, 2.75) is 25.3 Å². The maximum Gasteiger partial charge on any atom is 0.142 e. The predicted octanol–water partition coefficient (Wildman–Crippen LogP) is 3.36. The third kappa shape index (κ3) is 2.57. The van der Waals surface area contributed by atoms with Crippen molar-refractivity contribution in [1.29, 1.82) is 0 Å². The minimum absolute atomic E-state index is 0.0413. The van der Waals surface area contributed by atoms with Crippen LogP contribution in [-0.4, -0.2) is 31.1 Å². The minimum atomic E-state index is -0.525. The van der Waals surface area contributed by atoms with E-state index in [9.17, 15) is 8.78 Å². The van der Waals surface area contributed by atoms with E-state index in [2.05, 4.69) is 10.2 Å². The lowest BCUT2D eigenvalue weighted by atomic mass is 9.76. The van der Waals surface area contributed by atoms with Crippen LogP contribution in [0.4, 0.5) is 8.78 Å². The molecule has 0 aromatic heterocycles. The molecule has 1 aliphatic heterocycles. The smallest absolute Gasteiger partial charge is 0.142 e. The fourth-order valence-corrected chi connectivity index (χ4v) is 3.51. The fraction of sp³-hybridized carbons (Fsp3) is 0.600.